The molecular weight excluding hydrogens is 374 g/mol. The highest BCUT2D eigenvalue weighted by Crippen LogP contribution is 2.28. The van der Waals surface area contributed by atoms with E-state index in [0.717, 1.165) is 34.0 Å². The highest BCUT2D eigenvalue weighted by Gasteiger charge is 2.15. The van der Waals surface area contributed by atoms with E-state index in [1.807, 2.05) is 59.9 Å². The smallest absolute Gasteiger partial charge is 0.321 e. The summed E-state index contributed by atoms with van der Waals surface area (Å²) in [6.45, 7) is 2.48. The van der Waals surface area contributed by atoms with Gasteiger partial charge >= 0.3 is 6.03 Å². The predicted octanol–water partition coefficient (Wildman–Crippen LogP) is 3.36. The molecule has 0 unspecified atom stereocenters. The van der Waals surface area contributed by atoms with Gasteiger partial charge < -0.3 is 5.32 Å². The zero-order chi connectivity index (χ0) is 19.5. The first-order valence-corrected chi connectivity index (χ1v) is 10.0. The average Bonchev–Trinajstić information content (AvgIpc) is 3.10. The number of hydrogen-bond acceptors (Lipinski definition) is 5. The lowest BCUT2D eigenvalue weighted by molar-refractivity contribution is -0.117. The fraction of sp³-hybridized carbons (Fsp3) is 0.200. The predicted molar refractivity (Wildman–Crippen MR) is 111 cm³/mol. The lowest BCUT2D eigenvalue weighted by Gasteiger charge is -2.09. The molecule has 0 radical (unpaired) electrons. The first kappa shape index (κ1) is 18.2. The standard InChI is InChI=1S/C20H19N5O2S/c1-2-11-21-19(27)24-17(26)12-28-20-23-14-8-4-3-7-13(14)18-22-15-9-5-6-10-16(15)25(18)20/h3-10H,2,11-12H2,1H3,(H2,21,24,26,27). The molecule has 4 rings (SSSR count). The van der Waals surface area contributed by atoms with Crippen LogP contribution in [0, 0.1) is 0 Å². The van der Waals surface area contributed by atoms with Gasteiger partial charge in [-0.3, -0.25) is 14.5 Å². The molecule has 0 spiro atoms. The highest BCUT2D eigenvalue weighted by molar-refractivity contribution is 7.99. The molecule has 142 valence electrons. The molecule has 2 aromatic heterocycles. The SMILES string of the molecule is CCCNC(=O)NC(=O)CSc1nc2ccccc2c2nc3ccccc3n12. The molecule has 2 aromatic carbocycles. The van der Waals surface area contributed by atoms with E-state index in [2.05, 4.69) is 10.6 Å². The van der Waals surface area contributed by atoms with Crippen LogP contribution in [-0.2, 0) is 4.79 Å². The van der Waals surface area contributed by atoms with E-state index in [1.54, 1.807) is 0 Å². The second-order valence-corrected chi connectivity index (χ2v) is 7.21. The Morgan fingerprint density at radius 2 is 1.79 bits per heavy atom. The number of rotatable bonds is 5. The number of aromatic nitrogens is 3. The average molecular weight is 393 g/mol. The van der Waals surface area contributed by atoms with Gasteiger partial charge in [0, 0.05) is 11.9 Å². The van der Waals surface area contributed by atoms with Gasteiger partial charge in [-0.1, -0.05) is 43.0 Å². The van der Waals surface area contributed by atoms with E-state index >= 15 is 0 Å². The maximum Gasteiger partial charge on any atom is 0.321 e. The molecule has 0 aliphatic heterocycles. The Kier molecular flexibility index (Phi) is 5.12. The highest BCUT2D eigenvalue weighted by atomic mass is 32.2. The molecule has 0 saturated carbocycles. The number of thioether (sulfide) groups is 1. The van der Waals surface area contributed by atoms with Crippen LogP contribution in [0.4, 0.5) is 4.79 Å². The number of carbonyl (C=O) groups is 2. The van der Waals surface area contributed by atoms with Crippen molar-refractivity contribution in [2.24, 2.45) is 0 Å². The molecule has 0 aliphatic rings. The van der Waals surface area contributed by atoms with Gasteiger partial charge in [0.25, 0.3) is 0 Å². The molecule has 0 aliphatic carbocycles. The van der Waals surface area contributed by atoms with E-state index in [-0.39, 0.29) is 11.7 Å². The van der Waals surface area contributed by atoms with Crippen molar-refractivity contribution in [3.05, 3.63) is 48.5 Å². The number of nitrogens with zero attached hydrogens (tertiary/aromatic N) is 3. The van der Waals surface area contributed by atoms with Crippen molar-refractivity contribution in [3.8, 4) is 0 Å². The van der Waals surface area contributed by atoms with Crippen molar-refractivity contribution < 1.29 is 9.59 Å². The van der Waals surface area contributed by atoms with Crippen LogP contribution in [0.3, 0.4) is 0 Å². The zero-order valence-electron chi connectivity index (χ0n) is 15.3. The van der Waals surface area contributed by atoms with E-state index in [0.29, 0.717) is 11.7 Å². The van der Waals surface area contributed by atoms with Crippen molar-refractivity contribution in [3.63, 3.8) is 0 Å². The molecule has 4 aromatic rings. The Morgan fingerprint density at radius 1 is 1.04 bits per heavy atom. The molecule has 8 heteroatoms. The minimum Gasteiger partial charge on any atom is -0.338 e. The first-order chi connectivity index (χ1) is 13.7. The van der Waals surface area contributed by atoms with Crippen LogP contribution in [0.1, 0.15) is 13.3 Å². The third-order valence-corrected chi connectivity index (χ3v) is 5.17. The monoisotopic (exact) mass is 393 g/mol. The number of hydrogen-bond donors (Lipinski definition) is 2. The first-order valence-electron chi connectivity index (χ1n) is 9.04. The van der Waals surface area contributed by atoms with Crippen molar-refractivity contribution >= 4 is 51.3 Å². The molecule has 7 nitrogen and oxygen atoms in total. The zero-order valence-corrected chi connectivity index (χ0v) is 16.1. The number of urea groups is 1. The molecule has 2 heterocycles. The van der Waals surface area contributed by atoms with Crippen LogP contribution < -0.4 is 10.6 Å². The maximum absolute atomic E-state index is 12.1. The van der Waals surface area contributed by atoms with Gasteiger partial charge in [-0.15, -0.1) is 0 Å². The molecule has 0 fully saturated rings. The topological polar surface area (TPSA) is 88.4 Å². The number of benzene rings is 2. The molecular formula is C20H19N5O2S. The Labute approximate surface area is 165 Å². The molecule has 3 amide bonds. The summed E-state index contributed by atoms with van der Waals surface area (Å²) in [7, 11) is 0. The fourth-order valence-corrected chi connectivity index (χ4v) is 3.80. The van der Waals surface area contributed by atoms with Gasteiger partial charge in [0.1, 0.15) is 5.65 Å². The normalized spacial score (nSPS) is 11.2. The Balaban J connectivity index is 1.68. The quantitative estimate of drug-likeness (QED) is 0.401. The number of carbonyl (C=O) groups excluding carboxylic acids is 2. The van der Waals surface area contributed by atoms with Crippen molar-refractivity contribution in [2.75, 3.05) is 12.3 Å². The van der Waals surface area contributed by atoms with E-state index in [1.165, 1.54) is 11.8 Å². The van der Waals surface area contributed by atoms with Gasteiger partial charge in [-0.2, -0.15) is 0 Å². The second kappa shape index (κ2) is 7.85. The van der Waals surface area contributed by atoms with Crippen molar-refractivity contribution in [2.45, 2.75) is 18.5 Å². The largest absolute Gasteiger partial charge is 0.338 e. The minimum atomic E-state index is -0.475. The Bertz CT molecular complexity index is 1190. The lowest BCUT2D eigenvalue weighted by Crippen LogP contribution is -2.40. The number of imide groups is 1. The Hall–Kier alpha value is -3.13. The molecule has 0 bridgehead atoms. The van der Waals surface area contributed by atoms with Gasteiger partial charge in [0.15, 0.2) is 5.16 Å². The summed E-state index contributed by atoms with van der Waals surface area (Å²) >= 11 is 1.28. The third-order valence-electron chi connectivity index (χ3n) is 4.23. The van der Waals surface area contributed by atoms with Gasteiger partial charge in [-0.25, -0.2) is 14.8 Å². The van der Waals surface area contributed by atoms with Crippen LogP contribution in [0.25, 0.3) is 27.6 Å². The van der Waals surface area contributed by atoms with Crippen molar-refractivity contribution in [1.29, 1.82) is 0 Å². The molecule has 2 N–H and O–H groups in total. The molecule has 0 atom stereocenters. The summed E-state index contributed by atoms with van der Waals surface area (Å²) in [6.07, 6.45) is 0.809. The van der Waals surface area contributed by atoms with Crippen LogP contribution in [0.5, 0.6) is 0 Å². The van der Waals surface area contributed by atoms with E-state index in [4.69, 9.17) is 9.97 Å². The third kappa shape index (κ3) is 3.50. The van der Waals surface area contributed by atoms with Gasteiger partial charge in [-0.05, 0) is 30.7 Å². The number of fused-ring (bicyclic) bond motifs is 5. The van der Waals surface area contributed by atoms with Crippen molar-refractivity contribution in [1.82, 2.24) is 25.0 Å². The second-order valence-electron chi connectivity index (χ2n) is 6.26. The van der Waals surface area contributed by atoms with Crippen LogP contribution in [-0.4, -0.2) is 38.6 Å². The van der Waals surface area contributed by atoms with Crippen LogP contribution in [0.2, 0.25) is 0 Å². The van der Waals surface area contributed by atoms with Gasteiger partial charge in [0.05, 0.1) is 22.3 Å². The van der Waals surface area contributed by atoms with Crippen LogP contribution in [0.15, 0.2) is 53.7 Å². The number of amides is 3. The number of nitrogens with one attached hydrogen (secondary N) is 2. The summed E-state index contributed by atoms with van der Waals surface area (Å²) in [5.41, 5.74) is 3.41. The van der Waals surface area contributed by atoms with Crippen LogP contribution >= 0.6 is 11.8 Å². The lowest BCUT2D eigenvalue weighted by atomic mass is 10.2. The maximum atomic E-state index is 12.1. The van der Waals surface area contributed by atoms with E-state index in [9.17, 15) is 9.59 Å². The summed E-state index contributed by atoms with van der Waals surface area (Å²) in [5.74, 6) is -0.293. The number of imidazole rings is 1. The molecule has 28 heavy (non-hydrogen) atoms. The number of para-hydroxylation sites is 3. The minimum absolute atomic E-state index is 0.0759. The van der Waals surface area contributed by atoms with E-state index < -0.39 is 6.03 Å². The summed E-state index contributed by atoms with van der Waals surface area (Å²) in [6, 6.07) is 15.2. The Morgan fingerprint density at radius 3 is 2.61 bits per heavy atom. The summed E-state index contributed by atoms with van der Waals surface area (Å²) in [5, 5.41) is 6.57. The fourth-order valence-electron chi connectivity index (χ4n) is 2.99. The summed E-state index contributed by atoms with van der Waals surface area (Å²) < 4.78 is 1.97. The summed E-state index contributed by atoms with van der Waals surface area (Å²) in [4.78, 5) is 33.3. The molecule has 0 saturated heterocycles. The van der Waals surface area contributed by atoms with Gasteiger partial charge in [0.2, 0.25) is 5.91 Å².